The zero-order valence-corrected chi connectivity index (χ0v) is 15.9. The highest BCUT2D eigenvalue weighted by Crippen LogP contribution is 2.36. The van der Waals surface area contributed by atoms with Crippen LogP contribution in [0.2, 0.25) is 0 Å². The fraction of sp³-hybridized carbons (Fsp3) is 0.476. The van der Waals surface area contributed by atoms with Crippen LogP contribution in [0.5, 0.6) is 11.5 Å². The molecule has 0 aliphatic carbocycles. The fourth-order valence-corrected chi connectivity index (χ4v) is 3.84. The van der Waals surface area contributed by atoms with Crippen LogP contribution in [0.25, 0.3) is 11.6 Å². The Labute approximate surface area is 159 Å². The van der Waals surface area contributed by atoms with Crippen LogP contribution in [-0.4, -0.2) is 27.5 Å². The van der Waals surface area contributed by atoms with Gasteiger partial charge in [0.2, 0.25) is 0 Å². The molecule has 2 aromatic rings. The number of nitriles is 1. The SMILES string of the molecule is CCOc1cc2c(cc1/C=C(\C#N)c1nnc3n1CCCCC3)O[C@H](C)C2. The number of benzene rings is 1. The summed E-state index contributed by atoms with van der Waals surface area (Å²) >= 11 is 0. The molecule has 0 saturated carbocycles. The molecule has 0 fully saturated rings. The number of aromatic nitrogens is 3. The molecule has 2 aliphatic rings. The lowest BCUT2D eigenvalue weighted by Gasteiger charge is -2.11. The van der Waals surface area contributed by atoms with Gasteiger partial charge in [0.15, 0.2) is 5.82 Å². The summed E-state index contributed by atoms with van der Waals surface area (Å²) in [5, 5.41) is 18.5. The van der Waals surface area contributed by atoms with Crippen LogP contribution < -0.4 is 9.47 Å². The molecule has 6 nitrogen and oxygen atoms in total. The summed E-state index contributed by atoms with van der Waals surface area (Å²) in [6, 6.07) is 6.32. The van der Waals surface area contributed by atoms with Crippen LogP contribution in [0.3, 0.4) is 0 Å². The molecule has 140 valence electrons. The van der Waals surface area contributed by atoms with E-state index in [-0.39, 0.29) is 6.10 Å². The highest BCUT2D eigenvalue weighted by molar-refractivity contribution is 5.89. The van der Waals surface area contributed by atoms with Gasteiger partial charge in [0.25, 0.3) is 0 Å². The van der Waals surface area contributed by atoms with Crippen molar-refractivity contribution in [3.05, 3.63) is 34.9 Å². The minimum atomic E-state index is 0.163. The number of allylic oxidation sites excluding steroid dienone is 1. The van der Waals surface area contributed by atoms with Gasteiger partial charge in [0, 0.05) is 30.5 Å². The van der Waals surface area contributed by atoms with E-state index < -0.39 is 0 Å². The fourth-order valence-electron chi connectivity index (χ4n) is 3.84. The number of fused-ring (bicyclic) bond motifs is 2. The van der Waals surface area contributed by atoms with Gasteiger partial charge in [-0.15, -0.1) is 10.2 Å². The van der Waals surface area contributed by atoms with Gasteiger partial charge in [-0.3, -0.25) is 0 Å². The number of rotatable bonds is 4. The molecular weight excluding hydrogens is 340 g/mol. The quantitative estimate of drug-likeness (QED) is 0.772. The van der Waals surface area contributed by atoms with Crippen molar-refractivity contribution < 1.29 is 9.47 Å². The predicted octanol–water partition coefficient (Wildman–Crippen LogP) is 3.79. The first kappa shape index (κ1) is 17.6. The summed E-state index contributed by atoms with van der Waals surface area (Å²) in [6.07, 6.45) is 7.20. The Morgan fingerprint density at radius 1 is 1.37 bits per heavy atom. The smallest absolute Gasteiger partial charge is 0.174 e. The second-order valence-corrected chi connectivity index (χ2v) is 7.14. The molecule has 27 heavy (non-hydrogen) atoms. The van der Waals surface area contributed by atoms with E-state index in [1.807, 2.05) is 25.1 Å². The van der Waals surface area contributed by atoms with Crippen molar-refractivity contribution >= 4 is 11.6 Å². The van der Waals surface area contributed by atoms with Crippen molar-refractivity contribution in [2.24, 2.45) is 0 Å². The molecule has 0 radical (unpaired) electrons. The Kier molecular flexibility index (Phi) is 4.85. The summed E-state index contributed by atoms with van der Waals surface area (Å²) in [7, 11) is 0. The minimum absolute atomic E-state index is 0.163. The standard InChI is InChI=1S/C21H24N4O2/c1-3-26-18-11-15-9-14(2)27-19(15)12-16(18)10-17(13-22)21-24-23-20-7-5-4-6-8-25(20)21/h10-12,14H,3-9H2,1-2H3/b17-10+/t14-/m1/s1. The Bertz CT molecular complexity index is 923. The van der Waals surface area contributed by atoms with Crippen molar-refractivity contribution in [3.8, 4) is 17.6 Å². The van der Waals surface area contributed by atoms with Crippen molar-refractivity contribution in [2.75, 3.05) is 6.61 Å². The maximum atomic E-state index is 9.82. The van der Waals surface area contributed by atoms with E-state index in [1.54, 1.807) is 0 Å². The molecule has 6 heteroatoms. The second-order valence-electron chi connectivity index (χ2n) is 7.14. The van der Waals surface area contributed by atoms with E-state index in [0.29, 0.717) is 18.0 Å². The van der Waals surface area contributed by atoms with Crippen LogP contribution >= 0.6 is 0 Å². The van der Waals surface area contributed by atoms with Gasteiger partial charge < -0.3 is 14.0 Å². The molecule has 0 N–H and O–H groups in total. The zero-order valence-electron chi connectivity index (χ0n) is 15.9. The molecule has 0 spiro atoms. The summed E-state index contributed by atoms with van der Waals surface area (Å²) in [5.41, 5.74) is 2.49. The Morgan fingerprint density at radius 2 is 2.26 bits per heavy atom. The first-order chi connectivity index (χ1) is 13.2. The molecular formula is C21H24N4O2. The average Bonchev–Trinajstić information content (AvgIpc) is 3.13. The lowest BCUT2D eigenvalue weighted by atomic mass is 10.0. The average molecular weight is 364 g/mol. The highest BCUT2D eigenvalue weighted by atomic mass is 16.5. The molecule has 0 unspecified atom stereocenters. The van der Waals surface area contributed by atoms with Crippen LogP contribution in [0.1, 0.15) is 55.9 Å². The Morgan fingerprint density at radius 3 is 3.07 bits per heavy atom. The van der Waals surface area contributed by atoms with Crippen LogP contribution in [-0.2, 0) is 19.4 Å². The third-order valence-electron chi connectivity index (χ3n) is 5.10. The number of hydrogen-bond acceptors (Lipinski definition) is 5. The molecule has 3 heterocycles. The van der Waals surface area contributed by atoms with Crippen LogP contribution in [0, 0.1) is 11.3 Å². The summed E-state index contributed by atoms with van der Waals surface area (Å²) < 4.78 is 13.8. The number of hydrogen-bond donors (Lipinski definition) is 0. The summed E-state index contributed by atoms with van der Waals surface area (Å²) in [6.45, 7) is 5.45. The maximum absolute atomic E-state index is 9.82. The van der Waals surface area contributed by atoms with E-state index in [9.17, 15) is 5.26 Å². The van der Waals surface area contributed by atoms with E-state index in [1.165, 1.54) is 6.42 Å². The third-order valence-corrected chi connectivity index (χ3v) is 5.10. The second kappa shape index (κ2) is 7.43. The predicted molar refractivity (Wildman–Crippen MR) is 102 cm³/mol. The monoisotopic (exact) mass is 364 g/mol. The first-order valence-corrected chi connectivity index (χ1v) is 9.70. The lowest BCUT2D eigenvalue weighted by molar-refractivity contribution is 0.254. The molecule has 1 aromatic heterocycles. The molecule has 0 saturated heterocycles. The van der Waals surface area contributed by atoms with Crippen molar-refractivity contribution in [1.82, 2.24) is 14.8 Å². The van der Waals surface area contributed by atoms with Gasteiger partial charge in [-0.1, -0.05) is 6.42 Å². The third kappa shape index (κ3) is 3.42. The van der Waals surface area contributed by atoms with E-state index in [2.05, 4.69) is 27.8 Å². The van der Waals surface area contributed by atoms with Gasteiger partial charge >= 0.3 is 0 Å². The minimum Gasteiger partial charge on any atom is -0.493 e. The van der Waals surface area contributed by atoms with Crippen molar-refractivity contribution in [3.63, 3.8) is 0 Å². The van der Waals surface area contributed by atoms with Gasteiger partial charge in [-0.25, -0.2) is 0 Å². The van der Waals surface area contributed by atoms with Gasteiger partial charge in [0.1, 0.15) is 29.5 Å². The topological polar surface area (TPSA) is 73.0 Å². The highest BCUT2D eigenvalue weighted by Gasteiger charge is 2.23. The number of nitrogens with zero attached hydrogens (tertiary/aromatic N) is 4. The zero-order chi connectivity index (χ0) is 18.8. The van der Waals surface area contributed by atoms with E-state index in [4.69, 9.17) is 9.47 Å². The van der Waals surface area contributed by atoms with Gasteiger partial charge in [-0.05, 0) is 44.9 Å². The van der Waals surface area contributed by atoms with E-state index >= 15 is 0 Å². The van der Waals surface area contributed by atoms with Crippen molar-refractivity contribution in [2.45, 2.75) is 58.6 Å². The normalized spacial score (nSPS) is 18.9. The summed E-state index contributed by atoms with van der Waals surface area (Å²) in [5.74, 6) is 3.26. The maximum Gasteiger partial charge on any atom is 0.174 e. The molecule has 1 aromatic carbocycles. The van der Waals surface area contributed by atoms with E-state index in [0.717, 1.165) is 60.7 Å². The van der Waals surface area contributed by atoms with Gasteiger partial charge in [0.05, 0.1) is 12.2 Å². The number of aryl methyl sites for hydroxylation is 1. The Balaban J connectivity index is 1.77. The van der Waals surface area contributed by atoms with Crippen LogP contribution in [0.15, 0.2) is 12.1 Å². The lowest BCUT2D eigenvalue weighted by Crippen LogP contribution is -2.05. The molecule has 0 bridgehead atoms. The first-order valence-electron chi connectivity index (χ1n) is 9.70. The molecule has 1 atom stereocenters. The molecule has 4 rings (SSSR count). The molecule has 2 aliphatic heterocycles. The largest absolute Gasteiger partial charge is 0.493 e. The number of ether oxygens (including phenoxy) is 2. The van der Waals surface area contributed by atoms with Gasteiger partial charge in [-0.2, -0.15) is 5.26 Å². The molecule has 0 amide bonds. The van der Waals surface area contributed by atoms with Crippen LogP contribution in [0.4, 0.5) is 0 Å². The van der Waals surface area contributed by atoms with Crippen molar-refractivity contribution in [1.29, 1.82) is 5.26 Å². The summed E-state index contributed by atoms with van der Waals surface area (Å²) in [4.78, 5) is 0. The Hall–Kier alpha value is -2.81.